The summed E-state index contributed by atoms with van der Waals surface area (Å²) in [5.74, 6) is 0.563. The average molecular weight is 340 g/mol. The van der Waals surface area contributed by atoms with Crippen molar-refractivity contribution in [1.29, 1.82) is 0 Å². The summed E-state index contributed by atoms with van der Waals surface area (Å²) in [5, 5.41) is 0. The molecule has 0 unspecified atom stereocenters. The third-order valence-electron chi connectivity index (χ3n) is 4.48. The van der Waals surface area contributed by atoms with Crippen molar-refractivity contribution in [2.45, 2.75) is 6.42 Å². The molecule has 1 fully saturated rings. The lowest BCUT2D eigenvalue weighted by Gasteiger charge is -2.32. The predicted molar refractivity (Wildman–Crippen MR) is 96.6 cm³/mol. The van der Waals surface area contributed by atoms with E-state index in [-0.39, 0.29) is 5.91 Å². The molecule has 0 N–H and O–H groups in total. The maximum absolute atomic E-state index is 12.7. The van der Waals surface area contributed by atoms with Gasteiger partial charge in [0, 0.05) is 58.4 Å². The summed E-state index contributed by atoms with van der Waals surface area (Å²) in [6.07, 6.45) is 6.12. The van der Waals surface area contributed by atoms with Gasteiger partial charge in [0.25, 0.3) is 5.91 Å². The highest BCUT2D eigenvalue weighted by molar-refractivity contribution is 5.92. The van der Waals surface area contributed by atoms with Gasteiger partial charge in [-0.1, -0.05) is 0 Å². The van der Waals surface area contributed by atoms with Crippen LogP contribution in [0.2, 0.25) is 0 Å². The molecule has 1 aliphatic heterocycles. The molecule has 0 atom stereocenters. The summed E-state index contributed by atoms with van der Waals surface area (Å²) >= 11 is 0. The second-order valence-electron chi connectivity index (χ2n) is 6.36. The van der Waals surface area contributed by atoms with E-state index in [0.717, 1.165) is 39.1 Å². The van der Waals surface area contributed by atoms with Crippen LogP contribution in [0.1, 0.15) is 16.1 Å². The molecule has 0 spiro atoms. The van der Waals surface area contributed by atoms with Crippen molar-refractivity contribution in [3.8, 4) is 0 Å². The van der Waals surface area contributed by atoms with Crippen LogP contribution in [-0.4, -0.2) is 77.5 Å². The number of rotatable bonds is 5. The number of hydrogen-bond acceptors (Lipinski definition) is 6. The van der Waals surface area contributed by atoms with E-state index in [4.69, 9.17) is 0 Å². The van der Waals surface area contributed by atoms with Gasteiger partial charge < -0.3 is 14.7 Å². The molecular formula is C18H24N6O. The fourth-order valence-electron chi connectivity index (χ4n) is 2.77. The third-order valence-corrected chi connectivity index (χ3v) is 4.48. The Labute approximate surface area is 148 Å². The van der Waals surface area contributed by atoms with Crippen molar-refractivity contribution >= 4 is 11.9 Å². The molecule has 132 valence electrons. The third kappa shape index (κ3) is 4.51. The first-order chi connectivity index (χ1) is 12.1. The number of carbonyl (C=O) groups excluding carboxylic acids is 1. The lowest BCUT2D eigenvalue weighted by Crippen LogP contribution is -2.47. The maximum Gasteiger partial charge on any atom is 0.272 e. The molecule has 1 saturated heterocycles. The topological polar surface area (TPSA) is 65.5 Å². The minimum atomic E-state index is -0.0146. The quantitative estimate of drug-likeness (QED) is 0.807. The number of anilines is 1. The zero-order valence-electron chi connectivity index (χ0n) is 14.8. The molecule has 0 bridgehead atoms. The summed E-state index contributed by atoms with van der Waals surface area (Å²) < 4.78 is 0. The van der Waals surface area contributed by atoms with Gasteiger partial charge in [-0.25, -0.2) is 9.97 Å². The van der Waals surface area contributed by atoms with Crippen LogP contribution in [0.15, 0.2) is 36.8 Å². The van der Waals surface area contributed by atoms with E-state index in [1.165, 1.54) is 5.56 Å². The van der Waals surface area contributed by atoms with Crippen LogP contribution in [0.25, 0.3) is 0 Å². The van der Waals surface area contributed by atoms with Gasteiger partial charge in [-0.2, -0.15) is 0 Å². The van der Waals surface area contributed by atoms with Gasteiger partial charge in [-0.15, -0.1) is 0 Å². The van der Waals surface area contributed by atoms with Crippen LogP contribution in [0, 0.1) is 0 Å². The van der Waals surface area contributed by atoms with Gasteiger partial charge in [-0.3, -0.25) is 9.78 Å². The van der Waals surface area contributed by atoms with Crippen LogP contribution in [0.3, 0.4) is 0 Å². The Balaban J connectivity index is 1.63. The van der Waals surface area contributed by atoms with E-state index in [1.54, 1.807) is 24.7 Å². The van der Waals surface area contributed by atoms with Gasteiger partial charge in [0.05, 0.1) is 0 Å². The number of nitrogens with zero attached hydrogens (tertiary/aromatic N) is 6. The molecule has 1 amide bonds. The predicted octanol–water partition coefficient (Wildman–Crippen LogP) is 0.938. The molecule has 1 aliphatic rings. The Morgan fingerprint density at radius 1 is 1.12 bits per heavy atom. The van der Waals surface area contributed by atoms with Crippen molar-refractivity contribution in [2.24, 2.45) is 0 Å². The zero-order valence-corrected chi connectivity index (χ0v) is 14.8. The Bertz CT molecular complexity index is 700. The molecule has 0 aromatic carbocycles. The van der Waals surface area contributed by atoms with Gasteiger partial charge in [0.1, 0.15) is 5.69 Å². The number of carbonyl (C=O) groups is 1. The van der Waals surface area contributed by atoms with Gasteiger partial charge in [0.15, 0.2) is 0 Å². The monoisotopic (exact) mass is 340 g/mol. The summed E-state index contributed by atoms with van der Waals surface area (Å²) in [6, 6.07) is 5.70. The molecule has 25 heavy (non-hydrogen) atoms. The lowest BCUT2D eigenvalue weighted by molar-refractivity contribution is 0.0658. The highest BCUT2D eigenvalue weighted by atomic mass is 16.2. The number of hydrogen-bond donors (Lipinski definition) is 0. The minimum Gasteiger partial charge on any atom is -0.344 e. The van der Waals surface area contributed by atoms with Gasteiger partial charge >= 0.3 is 0 Å². The normalized spacial score (nSPS) is 15.2. The summed E-state index contributed by atoms with van der Waals surface area (Å²) in [6.45, 7) is 4.06. The van der Waals surface area contributed by atoms with Crippen molar-refractivity contribution < 1.29 is 4.79 Å². The zero-order chi connectivity index (χ0) is 17.6. The summed E-state index contributed by atoms with van der Waals surface area (Å²) in [7, 11) is 4.02. The fourth-order valence-corrected chi connectivity index (χ4v) is 2.77. The standard InChI is InChI=1S/C18H24N6O/c1-22-11-13-24(14-12-22)17(25)16-5-9-20-18(21-16)23(2)10-6-15-3-7-19-8-4-15/h3-5,7-9H,6,10-14H2,1-2H3. The second kappa shape index (κ2) is 8.02. The van der Waals surface area contributed by atoms with Crippen LogP contribution < -0.4 is 4.90 Å². The van der Waals surface area contributed by atoms with Crippen LogP contribution in [0.4, 0.5) is 5.95 Å². The summed E-state index contributed by atoms with van der Waals surface area (Å²) in [4.78, 5) is 31.5. The second-order valence-corrected chi connectivity index (χ2v) is 6.36. The van der Waals surface area contributed by atoms with Crippen molar-refractivity contribution in [1.82, 2.24) is 24.8 Å². The molecule has 0 saturated carbocycles. The Hall–Kier alpha value is -2.54. The van der Waals surface area contributed by atoms with E-state index in [0.29, 0.717) is 11.6 Å². The van der Waals surface area contributed by atoms with Crippen molar-refractivity contribution in [2.75, 3.05) is 51.7 Å². The van der Waals surface area contributed by atoms with E-state index >= 15 is 0 Å². The molecule has 0 aliphatic carbocycles. The Morgan fingerprint density at radius 2 is 1.84 bits per heavy atom. The highest BCUT2D eigenvalue weighted by Gasteiger charge is 2.22. The number of likely N-dealkylation sites (N-methyl/N-ethyl adjacent to an activating group) is 2. The van der Waals surface area contributed by atoms with E-state index < -0.39 is 0 Å². The Morgan fingerprint density at radius 3 is 2.56 bits per heavy atom. The first-order valence-corrected chi connectivity index (χ1v) is 8.54. The maximum atomic E-state index is 12.7. The Kier molecular flexibility index (Phi) is 5.55. The molecule has 2 aromatic heterocycles. The van der Waals surface area contributed by atoms with E-state index in [9.17, 15) is 4.79 Å². The SMILES string of the molecule is CN1CCN(C(=O)c2ccnc(N(C)CCc3ccncc3)n2)CC1. The molecule has 3 rings (SSSR count). The molecule has 3 heterocycles. The minimum absolute atomic E-state index is 0.0146. The largest absolute Gasteiger partial charge is 0.344 e. The van der Waals surface area contributed by atoms with Crippen molar-refractivity contribution in [3.05, 3.63) is 48.0 Å². The molecule has 7 nitrogen and oxygen atoms in total. The van der Waals surface area contributed by atoms with Crippen molar-refractivity contribution in [3.63, 3.8) is 0 Å². The van der Waals surface area contributed by atoms with Crippen LogP contribution >= 0.6 is 0 Å². The molecule has 2 aromatic rings. The van der Waals surface area contributed by atoms with Crippen LogP contribution in [0.5, 0.6) is 0 Å². The smallest absolute Gasteiger partial charge is 0.272 e. The first-order valence-electron chi connectivity index (χ1n) is 8.54. The fraction of sp³-hybridized carbons (Fsp3) is 0.444. The van der Waals surface area contributed by atoms with E-state index in [1.807, 2.05) is 29.0 Å². The number of amides is 1. The average Bonchev–Trinajstić information content (AvgIpc) is 2.67. The first kappa shape index (κ1) is 17.3. The number of aromatic nitrogens is 3. The molecular weight excluding hydrogens is 316 g/mol. The summed E-state index contributed by atoms with van der Waals surface area (Å²) in [5.41, 5.74) is 1.68. The van der Waals surface area contributed by atoms with Gasteiger partial charge in [0.2, 0.25) is 5.95 Å². The number of pyridine rings is 1. The van der Waals surface area contributed by atoms with E-state index in [2.05, 4.69) is 26.9 Å². The number of piperazine rings is 1. The van der Waals surface area contributed by atoms with Crippen LogP contribution in [-0.2, 0) is 6.42 Å². The van der Waals surface area contributed by atoms with Gasteiger partial charge in [-0.05, 0) is 37.2 Å². The molecule has 7 heteroatoms. The highest BCUT2D eigenvalue weighted by Crippen LogP contribution is 2.11. The lowest BCUT2D eigenvalue weighted by atomic mass is 10.2. The molecule has 0 radical (unpaired) electrons.